The zero-order valence-corrected chi connectivity index (χ0v) is 15.1. The second-order valence-electron chi connectivity index (χ2n) is 6.78. The number of alkyl halides is 5. The summed E-state index contributed by atoms with van der Waals surface area (Å²) < 4.78 is 76.0. The van der Waals surface area contributed by atoms with Gasteiger partial charge in [0.05, 0.1) is 11.1 Å². The highest BCUT2D eigenvalue weighted by atomic mass is 19.4. The van der Waals surface area contributed by atoms with Gasteiger partial charge in [-0.25, -0.2) is 13.5 Å². The Labute approximate surface area is 165 Å². The van der Waals surface area contributed by atoms with Gasteiger partial charge in [0.25, 0.3) is 12.3 Å². The molecule has 0 radical (unpaired) electrons. The van der Waals surface area contributed by atoms with Gasteiger partial charge in [-0.05, 0) is 18.2 Å². The number of carbonyl (C=O) groups is 2. The molecule has 1 amide bonds. The summed E-state index contributed by atoms with van der Waals surface area (Å²) in [4.78, 5) is 25.0. The molecule has 0 bridgehead atoms. The Morgan fingerprint density at radius 2 is 2.03 bits per heavy atom. The Morgan fingerprint density at radius 3 is 2.73 bits per heavy atom. The lowest BCUT2D eigenvalue weighted by atomic mass is 9.98. The van der Waals surface area contributed by atoms with Crippen LogP contribution in [0.15, 0.2) is 24.3 Å². The second-order valence-corrected chi connectivity index (χ2v) is 6.78. The number of rotatable bonds is 3. The number of hydrogen-bond donors (Lipinski definition) is 1. The molecule has 2 aliphatic rings. The average molecular weight is 431 g/mol. The summed E-state index contributed by atoms with van der Waals surface area (Å²) in [5, 5.41) is 6.31. The van der Waals surface area contributed by atoms with Crippen molar-refractivity contribution in [2.24, 2.45) is 0 Å². The smallest absolute Gasteiger partial charge is 0.416 e. The van der Waals surface area contributed by atoms with E-state index in [1.54, 1.807) is 0 Å². The van der Waals surface area contributed by atoms with E-state index >= 15 is 0 Å². The van der Waals surface area contributed by atoms with Gasteiger partial charge in [-0.1, -0.05) is 0 Å². The number of aryl methyl sites for hydroxylation is 1. The standard InChI is InChI=1S/C18H14F5N3O4/c19-16(20)13-3-4-26-14(30-13)6-10(25-26)17(28)24-11-7-29-12-2-1-8(18(21,22)23)5-9(12)15(11)27/h1-2,5-6,11,13,16H,3-4,7H2,(H,24,28)/t11-,13?/m0/s1. The predicted octanol–water partition coefficient (Wildman–Crippen LogP) is 2.69. The van der Waals surface area contributed by atoms with Crippen molar-refractivity contribution in [2.75, 3.05) is 6.61 Å². The molecule has 30 heavy (non-hydrogen) atoms. The van der Waals surface area contributed by atoms with Crippen molar-refractivity contribution in [3.05, 3.63) is 41.1 Å². The van der Waals surface area contributed by atoms with Gasteiger partial charge in [0.15, 0.2) is 17.6 Å². The Hall–Kier alpha value is -3.18. The minimum absolute atomic E-state index is 0.0110. The van der Waals surface area contributed by atoms with Gasteiger partial charge < -0.3 is 14.8 Å². The van der Waals surface area contributed by atoms with Gasteiger partial charge >= 0.3 is 6.18 Å². The molecule has 0 fully saturated rings. The van der Waals surface area contributed by atoms with Crippen molar-refractivity contribution in [3.8, 4) is 11.6 Å². The number of amides is 1. The molecule has 3 heterocycles. The van der Waals surface area contributed by atoms with Crippen LogP contribution in [0.5, 0.6) is 11.6 Å². The van der Waals surface area contributed by atoms with Crippen molar-refractivity contribution in [2.45, 2.75) is 37.7 Å². The van der Waals surface area contributed by atoms with Crippen LogP contribution in [0.2, 0.25) is 0 Å². The fourth-order valence-electron chi connectivity index (χ4n) is 3.21. The first kappa shape index (κ1) is 20.1. The van der Waals surface area contributed by atoms with Gasteiger partial charge in [-0.3, -0.25) is 9.59 Å². The quantitative estimate of drug-likeness (QED) is 0.756. The number of nitrogens with one attached hydrogen (secondary N) is 1. The number of carbonyl (C=O) groups excluding carboxylic acids is 2. The molecule has 0 saturated heterocycles. The van der Waals surface area contributed by atoms with Crippen molar-refractivity contribution in [3.63, 3.8) is 0 Å². The third-order valence-electron chi connectivity index (χ3n) is 4.75. The van der Waals surface area contributed by atoms with Crippen LogP contribution in [-0.2, 0) is 12.7 Å². The maximum atomic E-state index is 12.9. The number of halogens is 5. The zero-order chi connectivity index (χ0) is 21.6. The molecule has 1 N–H and O–H groups in total. The molecule has 12 heteroatoms. The summed E-state index contributed by atoms with van der Waals surface area (Å²) in [7, 11) is 0. The number of Topliss-reactive ketones (excluding diaryl/α,β-unsaturated/α-hetero) is 1. The fraction of sp³-hybridized carbons (Fsp3) is 0.389. The molecule has 1 aromatic carbocycles. The van der Waals surface area contributed by atoms with E-state index < -0.39 is 42.0 Å². The molecule has 0 saturated carbocycles. The Balaban J connectivity index is 1.49. The lowest BCUT2D eigenvalue weighted by Gasteiger charge is -2.25. The second kappa shape index (κ2) is 7.26. The lowest BCUT2D eigenvalue weighted by molar-refractivity contribution is -0.137. The van der Waals surface area contributed by atoms with Crippen LogP contribution in [0.3, 0.4) is 0 Å². The summed E-state index contributed by atoms with van der Waals surface area (Å²) in [6.07, 6.45) is -8.63. The van der Waals surface area contributed by atoms with Crippen LogP contribution in [0.1, 0.15) is 32.8 Å². The summed E-state index contributed by atoms with van der Waals surface area (Å²) in [5.74, 6) is -1.58. The molecule has 2 aliphatic heterocycles. The summed E-state index contributed by atoms with van der Waals surface area (Å²) in [6.45, 7) is -0.156. The summed E-state index contributed by atoms with van der Waals surface area (Å²) >= 11 is 0. The maximum absolute atomic E-state index is 12.9. The van der Waals surface area contributed by atoms with Crippen molar-refractivity contribution in [1.82, 2.24) is 15.1 Å². The molecule has 0 spiro atoms. The van der Waals surface area contributed by atoms with Crippen molar-refractivity contribution >= 4 is 11.7 Å². The molecule has 2 aromatic rings. The van der Waals surface area contributed by atoms with E-state index in [2.05, 4.69) is 10.4 Å². The van der Waals surface area contributed by atoms with Crippen molar-refractivity contribution < 1.29 is 41.0 Å². The van der Waals surface area contributed by atoms with Crippen LogP contribution >= 0.6 is 0 Å². The van der Waals surface area contributed by atoms with E-state index in [-0.39, 0.29) is 42.5 Å². The minimum atomic E-state index is -4.64. The molecule has 1 unspecified atom stereocenters. The first-order chi connectivity index (χ1) is 14.1. The van der Waals surface area contributed by atoms with Gasteiger partial charge in [-0.15, -0.1) is 0 Å². The Bertz CT molecular complexity index is 1000. The van der Waals surface area contributed by atoms with Crippen LogP contribution in [0, 0.1) is 0 Å². The predicted molar refractivity (Wildman–Crippen MR) is 89.8 cm³/mol. The maximum Gasteiger partial charge on any atom is 0.416 e. The van der Waals surface area contributed by atoms with Gasteiger partial charge in [-0.2, -0.15) is 18.3 Å². The lowest BCUT2D eigenvalue weighted by Crippen LogP contribution is -2.47. The normalized spacial score (nSPS) is 20.8. The molecule has 1 aromatic heterocycles. The van der Waals surface area contributed by atoms with Crippen LogP contribution in [-0.4, -0.2) is 46.6 Å². The van der Waals surface area contributed by atoms with Crippen LogP contribution in [0.4, 0.5) is 22.0 Å². The van der Waals surface area contributed by atoms with Gasteiger partial charge in [0, 0.05) is 19.0 Å². The molecule has 160 valence electrons. The number of fused-ring (bicyclic) bond motifs is 2. The first-order valence-electron chi connectivity index (χ1n) is 8.85. The number of nitrogens with zero attached hydrogens (tertiary/aromatic N) is 2. The Kier molecular flexibility index (Phi) is 4.86. The third-order valence-corrected chi connectivity index (χ3v) is 4.75. The highest BCUT2D eigenvalue weighted by molar-refractivity contribution is 6.06. The van der Waals surface area contributed by atoms with E-state index in [9.17, 15) is 31.5 Å². The SMILES string of the molecule is O=C(N[C@H]1COc2ccc(C(F)(F)F)cc2C1=O)c1cc2n(n1)CCC(C(F)F)O2. The van der Waals surface area contributed by atoms with E-state index in [1.807, 2.05) is 0 Å². The van der Waals surface area contributed by atoms with Crippen LogP contribution in [0.25, 0.3) is 0 Å². The molecular formula is C18H14F5N3O4. The topological polar surface area (TPSA) is 82.5 Å². The minimum Gasteiger partial charge on any atom is -0.490 e. The number of aromatic nitrogens is 2. The highest BCUT2D eigenvalue weighted by Gasteiger charge is 2.36. The number of benzene rings is 1. The average Bonchev–Trinajstić information content (AvgIpc) is 3.12. The summed E-state index contributed by atoms with van der Waals surface area (Å²) in [5.41, 5.74) is -1.49. The molecule has 0 aliphatic carbocycles. The van der Waals surface area contributed by atoms with E-state index in [0.717, 1.165) is 18.2 Å². The highest BCUT2D eigenvalue weighted by Crippen LogP contribution is 2.34. The Morgan fingerprint density at radius 1 is 1.27 bits per heavy atom. The van der Waals surface area contributed by atoms with Gasteiger partial charge in [0.2, 0.25) is 5.88 Å². The number of ketones is 1. The first-order valence-corrected chi connectivity index (χ1v) is 8.85. The van der Waals surface area contributed by atoms with Crippen molar-refractivity contribution in [1.29, 1.82) is 0 Å². The molecule has 2 atom stereocenters. The molecular weight excluding hydrogens is 417 g/mol. The third kappa shape index (κ3) is 3.68. The fourth-order valence-corrected chi connectivity index (χ4v) is 3.21. The van der Waals surface area contributed by atoms with E-state index in [0.29, 0.717) is 6.07 Å². The monoisotopic (exact) mass is 431 g/mol. The van der Waals surface area contributed by atoms with E-state index in [4.69, 9.17) is 9.47 Å². The van der Waals surface area contributed by atoms with E-state index in [1.165, 1.54) is 4.68 Å². The van der Waals surface area contributed by atoms with Gasteiger partial charge in [0.1, 0.15) is 18.4 Å². The summed E-state index contributed by atoms with van der Waals surface area (Å²) in [6, 6.07) is 2.45. The molecule has 7 nitrogen and oxygen atoms in total. The number of hydrogen-bond acceptors (Lipinski definition) is 5. The number of ether oxygens (including phenoxy) is 2. The van der Waals surface area contributed by atoms with Crippen LogP contribution < -0.4 is 14.8 Å². The molecule has 4 rings (SSSR count). The zero-order valence-electron chi connectivity index (χ0n) is 15.1. The largest absolute Gasteiger partial charge is 0.490 e.